The third-order valence-corrected chi connectivity index (χ3v) is 10.1. The lowest BCUT2D eigenvalue weighted by Crippen LogP contribution is -2.11. The van der Waals surface area contributed by atoms with Gasteiger partial charge >= 0.3 is 0 Å². The van der Waals surface area contributed by atoms with Gasteiger partial charge in [-0.1, -0.05) is 158 Å². The van der Waals surface area contributed by atoms with Crippen molar-refractivity contribution < 1.29 is 4.42 Å². The van der Waals surface area contributed by atoms with Crippen molar-refractivity contribution in [1.29, 1.82) is 0 Å². The predicted molar refractivity (Wildman–Crippen MR) is 212 cm³/mol. The maximum Gasteiger partial charge on any atom is 0.159 e. The van der Waals surface area contributed by atoms with E-state index < -0.39 is 0 Å². The van der Waals surface area contributed by atoms with Gasteiger partial charge in [0, 0.05) is 21.8 Å². The van der Waals surface area contributed by atoms with E-state index in [1.165, 1.54) is 54.6 Å². The van der Waals surface area contributed by atoms with E-state index in [1.54, 1.807) is 0 Å². The molecule has 0 saturated carbocycles. The largest absolute Gasteiger partial charge is 0.454 e. The Balaban J connectivity index is 1.20. The van der Waals surface area contributed by atoms with Crippen LogP contribution in [-0.4, -0.2) is 0 Å². The lowest BCUT2D eigenvalue weighted by molar-refractivity contribution is 0.669. The summed E-state index contributed by atoms with van der Waals surface area (Å²) < 4.78 is 6.66. The fourth-order valence-corrected chi connectivity index (χ4v) is 7.76. The fraction of sp³-hybridized carbons (Fsp3) is 0. The summed E-state index contributed by atoms with van der Waals surface area (Å²) in [6, 6.07) is 67.5. The molecule has 2 heteroatoms. The molecule has 0 unspecified atom stereocenters. The van der Waals surface area contributed by atoms with Gasteiger partial charge < -0.3 is 9.32 Å². The highest BCUT2D eigenvalue weighted by atomic mass is 16.3. The van der Waals surface area contributed by atoms with Gasteiger partial charge in [-0.05, 0) is 79.5 Å². The molecule has 0 saturated heterocycles. The second-order valence-electron chi connectivity index (χ2n) is 12.9. The van der Waals surface area contributed by atoms with E-state index in [1.807, 2.05) is 6.07 Å². The van der Waals surface area contributed by atoms with Crippen LogP contribution in [0, 0.1) is 0 Å². The molecule has 10 aromatic rings. The number of rotatable bonds is 5. The highest BCUT2D eigenvalue weighted by Gasteiger charge is 2.22. The van der Waals surface area contributed by atoms with E-state index in [0.29, 0.717) is 0 Å². The maximum atomic E-state index is 6.66. The summed E-state index contributed by atoms with van der Waals surface area (Å²) in [6.07, 6.45) is 0. The molecular weight excluding hydrogens is 607 g/mol. The summed E-state index contributed by atoms with van der Waals surface area (Å²) in [5.74, 6) is 0. The quantitative estimate of drug-likeness (QED) is 0.175. The molecule has 0 spiro atoms. The number of fused-ring (bicyclic) bond motifs is 7. The molecule has 0 amide bonds. The summed E-state index contributed by atoms with van der Waals surface area (Å²) in [6.45, 7) is 0. The van der Waals surface area contributed by atoms with E-state index in [-0.39, 0.29) is 0 Å². The topological polar surface area (TPSA) is 16.4 Å². The van der Waals surface area contributed by atoms with Crippen LogP contribution in [0.5, 0.6) is 0 Å². The Kier molecular flexibility index (Phi) is 6.53. The number of benzene rings is 9. The van der Waals surface area contributed by atoms with Crippen molar-refractivity contribution in [2.75, 3.05) is 4.90 Å². The molecule has 0 aliphatic carbocycles. The van der Waals surface area contributed by atoms with E-state index in [9.17, 15) is 0 Å². The molecule has 0 aliphatic rings. The molecule has 0 atom stereocenters. The van der Waals surface area contributed by atoms with Crippen molar-refractivity contribution >= 4 is 71.3 Å². The van der Waals surface area contributed by atoms with Crippen molar-refractivity contribution in [2.45, 2.75) is 0 Å². The van der Waals surface area contributed by atoms with Gasteiger partial charge in [0.05, 0.1) is 11.4 Å². The Labute approximate surface area is 290 Å². The number of para-hydroxylation sites is 2. The third kappa shape index (κ3) is 4.50. The van der Waals surface area contributed by atoms with Crippen molar-refractivity contribution in [3.63, 3.8) is 0 Å². The molecule has 0 radical (unpaired) electrons. The van der Waals surface area contributed by atoms with Gasteiger partial charge in [-0.2, -0.15) is 0 Å². The average molecular weight is 638 g/mol. The number of furan rings is 1. The van der Waals surface area contributed by atoms with Crippen LogP contribution >= 0.6 is 0 Å². The van der Waals surface area contributed by atoms with Crippen LogP contribution in [0.3, 0.4) is 0 Å². The molecular formula is C48H31NO. The molecule has 9 aromatic carbocycles. The Hall–Kier alpha value is -6.64. The van der Waals surface area contributed by atoms with Crippen molar-refractivity contribution in [3.8, 4) is 22.3 Å². The van der Waals surface area contributed by atoms with Crippen LogP contribution in [0.25, 0.3) is 76.5 Å². The lowest BCUT2D eigenvalue weighted by atomic mass is 9.91. The van der Waals surface area contributed by atoms with Crippen LogP contribution < -0.4 is 4.90 Å². The van der Waals surface area contributed by atoms with Crippen LogP contribution in [-0.2, 0) is 0 Å². The molecule has 0 N–H and O–H groups in total. The molecule has 0 fully saturated rings. The minimum absolute atomic E-state index is 0.872. The standard InChI is InChI=1S/C48H31NO/c1-3-16-36-32(13-1)15-11-23-40(36)39-19-6-5-17-37(39)33-27-29-35(30-28-33)49(45-25-12-24-44-43-22-9-10-26-47(43)50-48(44)45)46-31-34-14-2-4-18-38(34)41-20-7-8-21-42(41)46/h1-31H. The Morgan fingerprint density at radius 1 is 0.340 bits per heavy atom. The van der Waals surface area contributed by atoms with E-state index in [0.717, 1.165) is 39.0 Å². The van der Waals surface area contributed by atoms with E-state index in [2.05, 4.69) is 187 Å². The minimum Gasteiger partial charge on any atom is -0.454 e. The first kappa shape index (κ1) is 28.4. The Morgan fingerprint density at radius 2 is 0.920 bits per heavy atom. The van der Waals surface area contributed by atoms with Gasteiger partial charge in [-0.15, -0.1) is 0 Å². The maximum absolute atomic E-state index is 6.66. The van der Waals surface area contributed by atoms with Crippen molar-refractivity contribution in [1.82, 2.24) is 0 Å². The summed E-state index contributed by atoms with van der Waals surface area (Å²) in [5, 5.41) is 9.58. The molecule has 2 nitrogen and oxygen atoms in total. The van der Waals surface area contributed by atoms with Crippen LogP contribution in [0.2, 0.25) is 0 Å². The number of hydrogen-bond donors (Lipinski definition) is 0. The first-order valence-electron chi connectivity index (χ1n) is 17.1. The zero-order valence-corrected chi connectivity index (χ0v) is 27.3. The van der Waals surface area contributed by atoms with Gasteiger partial charge in [0.15, 0.2) is 5.58 Å². The highest BCUT2D eigenvalue weighted by Crippen LogP contribution is 2.46. The Morgan fingerprint density at radius 3 is 1.76 bits per heavy atom. The predicted octanol–water partition coefficient (Wildman–Crippen LogP) is 13.8. The zero-order chi connectivity index (χ0) is 33.0. The first-order chi connectivity index (χ1) is 24.8. The number of anilines is 3. The second-order valence-corrected chi connectivity index (χ2v) is 12.9. The van der Waals surface area contributed by atoms with E-state index >= 15 is 0 Å². The second kappa shape index (κ2) is 11.5. The smallest absolute Gasteiger partial charge is 0.159 e. The number of nitrogens with zero attached hydrogens (tertiary/aromatic N) is 1. The van der Waals surface area contributed by atoms with Gasteiger partial charge in [0.1, 0.15) is 5.58 Å². The molecule has 0 aliphatic heterocycles. The minimum atomic E-state index is 0.872. The lowest BCUT2D eigenvalue weighted by Gasteiger charge is -2.28. The molecule has 0 bridgehead atoms. The van der Waals surface area contributed by atoms with Crippen LogP contribution in [0.15, 0.2) is 192 Å². The van der Waals surface area contributed by atoms with Crippen LogP contribution in [0.4, 0.5) is 17.1 Å². The molecule has 50 heavy (non-hydrogen) atoms. The summed E-state index contributed by atoms with van der Waals surface area (Å²) in [7, 11) is 0. The normalized spacial score (nSPS) is 11.6. The van der Waals surface area contributed by atoms with Crippen molar-refractivity contribution in [3.05, 3.63) is 188 Å². The average Bonchev–Trinajstić information content (AvgIpc) is 3.58. The van der Waals surface area contributed by atoms with E-state index in [4.69, 9.17) is 4.42 Å². The Bertz CT molecular complexity index is 2870. The molecule has 1 aromatic heterocycles. The van der Waals surface area contributed by atoms with Gasteiger partial charge in [0.25, 0.3) is 0 Å². The molecule has 10 rings (SSSR count). The molecule has 234 valence electrons. The van der Waals surface area contributed by atoms with Crippen molar-refractivity contribution in [2.24, 2.45) is 0 Å². The number of hydrogen-bond acceptors (Lipinski definition) is 2. The monoisotopic (exact) mass is 637 g/mol. The summed E-state index contributed by atoms with van der Waals surface area (Å²) >= 11 is 0. The fourth-order valence-electron chi connectivity index (χ4n) is 7.76. The summed E-state index contributed by atoms with van der Waals surface area (Å²) in [5.41, 5.74) is 9.77. The van der Waals surface area contributed by atoms with Gasteiger partial charge in [0.2, 0.25) is 0 Å². The first-order valence-corrected chi connectivity index (χ1v) is 17.1. The highest BCUT2D eigenvalue weighted by molar-refractivity contribution is 6.16. The van der Waals surface area contributed by atoms with Crippen LogP contribution in [0.1, 0.15) is 0 Å². The summed E-state index contributed by atoms with van der Waals surface area (Å²) in [4.78, 5) is 2.37. The molecule has 1 heterocycles. The zero-order valence-electron chi connectivity index (χ0n) is 27.3. The third-order valence-electron chi connectivity index (χ3n) is 10.1. The van der Waals surface area contributed by atoms with Gasteiger partial charge in [-0.3, -0.25) is 0 Å². The SMILES string of the molecule is c1ccc(-c2cccc3ccccc23)c(-c2ccc(N(c3cc4ccccc4c4ccccc34)c3cccc4c3oc3ccccc34)cc2)c1. The van der Waals surface area contributed by atoms with Gasteiger partial charge in [-0.25, -0.2) is 0 Å².